The minimum absolute atomic E-state index is 0.0234. The topological polar surface area (TPSA) is 57.0 Å². The molecular formula is C19H31N3O2. The summed E-state index contributed by atoms with van der Waals surface area (Å²) in [7, 11) is 0. The van der Waals surface area contributed by atoms with Gasteiger partial charge in [0.25, 0.3) is 0 Å². The fraction of sp³-hybridized carbons (Fsp3) is 0.842. The van der Waals surface area contributed by atoms with E-state index in [2.05, 4.69) is 35.8 Å². The van der Waals surface area contributed by atoms with Crippen LogP contribution < -0.4 is 0 Å². The minimum atomic E-state index is -0.413. The summed E-state index contributed by atoms with van der Waals surface area (Å²) < 4.78 is 7.67. The summed E-state index contributed by atoms with van der Waals surface area (Å²) in [6.45, 7) is 12.8. The van der Waals surface area contributed by atoms with Crippen molar-refractivity contribution in [3.05, 3.63) is 11.4 Å². The lowest BCUT2D eigenvalue weighted by molar-refractivity contribution is -0.153. The smallest absolute Gasteiger partial charge is 0.311 e. The minimum Gasteiger partial charge on any atom is -0.465 e. The molecule has 0 aromatic carbocycles. The Morgan fingerprint density at radius 1 is 1.12 bits per heavy atom. The van der Waals surface area contributed by atoms with Crippen molar-refractivity contribution in [3.8, 4) is 0 Å². The number of hydrogen-bond acceptors (Lipinski definition) is 4. The molecule has 2 aliphatic rings. The van der Waals surface area contributed by atoms with Crippen LogP contribution in [-0.2, 0) is 27.9 Å². The van der Waals surface area contributed by atoms with Gasteiger partial charge in [-0.2, -0.15) is 0 Å². The molecule has 0 spiro atoms. The molecule has 3 atom stereocenters. The maximum absolute atomic E-state index is 12.0. The molecule has 0 bridgehead atoms. The monoisotopic (exact) mass is 333 g/mol. The summed E-state index contributed by atoms with van der Waals surface area (Å²) in [5.41, 5.74) is 2.04. The molecule has 0 aliphatic heterocycles. The second kappa shape index (κ2) is 5.85. The van der Waals surface area contributed by atoms with Gasteiger partial charge in [-0.1, -0.05) is 5.21 Å². The SMILES string of the molecule is CC(C)(C)C(=O)OC[C@@H]1[C@@H]2CCc3c(nnn3C(C)(C)C)CC[C@@H]21. The van der Waals surface area contributed by atoms with Crippen LogP contribution in [0.1, 0.15) is 65.8 Å². The largest absolute Gasteiger partial charge is 0.465 e. The van der Waals surface area contributed by atoms with E-state index in [1.165, 1.54) is 11.4 Å². The highest BCUT2D eigenvalue weighted by Crippen LogP contribution is 2.53. The maximum atomic E-state index is 12.0. The molecule has 3 rings (SSSR count). The summed E-state index contributed by atoms with van der Waals surface area (Å²) >= 11 is 0. The number of esters is 1. The van der Waals surface area contributed by atoms with Gasteiger partial charge in [-0.05, 0) is 85.0 Å². The second-order valence-corrected chi connectivity index (χ2v) is 9.48. The fourth-order valence-electron chi connectivity index (χ4n) is 3.94. The Labute approximate surface area is 145 Å². The van der Waals surface area contributed by atoms with Crippen LogP contribution >= 0.6 is 0 Å². The first-order valence-corrected chi connectivity index (χ1v) is 9.20. The van der Waals surface area contributed by atoms with Crippen molar-refractivity contribution in [1.82, 2.24) is 15.0 Å². The van der Waals surface area contributed by atoms with Crippen LogP contribution in [0.5, 0.6) is 0 Å². The molecule has 5 nitrogen and oxygen atoms in total. The van der Waals surface area contributed by atoms with Gasteiger partial charge in [-0.25, -0.2) is 4.68 Å². The number of ether oxygens (including phenoxy) is 1. The van der Waals surface area contributed by atoms with Gasteiger partial charge in [-0.3, -0.25) is 4.79 Å². The standard InChI is InChI=1S/C19H31N3O2/c1-18(2,3)17(23)24-11-14-12-7-9-15-16(10-8-13(12)14)22(21-20-15)19(4,5)6/h12-14H,7-11H2,1-6H3/t12-,13+,14-/m0/s1. The number of carbonyl (C=O) groups is 1. The van der Waals surface area contributed by atoms with Crippen molar-refractivity contribution < 1.29 is 9.53 Å². The summed E-state index contributed by atoms with van der Waals surface area (Å²) in [5.74, 6) is 1.83. The van der Waals surface area contributed by atoms with Crippen molar-refractivity contribution in [2.75, 3.05) is 6.61 Å². The van der Waals surface area contributed by atoms with Crippen LogP contribution in [0.3, 0.4) is 0 Å². The third kappa shape index (κ3) is 3.35. The molecule has 0 amide bonds. The van der Waals surface area contributed by atoms with Crippen LogP contribution in [-0.4, -0.2) is 27.6 Å². The van der Waals surface area contributed by atoms with Crippen LogP contribution in [0.15, 0.2) is 0 Å². The normalized spacial score (nSPS) is 26.8. The van der Waals surface area contributed by atoms with Gasteiger partial charge >= 0.3 is 5.97 Å². The quantitative estimate of drug-likeness (QED) is 0.779. The van der Waals surface area contributed by atoms with Crippen LogP contribution in [0, 0.1) is 23.2 Å². The van der Waals surface area contributed by atoms with Crippen LogP contribution in [0.2, 0.25) is 0 Å². The first-order valence-electron chi connectivity index (χ1n) is 9.20. The molecule has 24 heavy (non-hydrogen) atoms. The molecule has 1 fully saturated rings. The number of fused-ring (bicyclic) bond motifs is 2. The number of aryl methyl sites for hydroxylation is 1. The molecule has 134 valence electrons. The molecule has 1 saturated carbocycles. The average Bonchev–Trinajstić information content (AvgIpc) is 2.90. The lowest BCUT2D eigenvalue weighted by Crippen LogP contribution is -2.26. The van der Waals surface area contributed by atoms with E-state index >= 15 is 0 Å². The van der Waals surface area contributed by atoms with Gasteiger partial charge in [0, 0.05) is 0 Å². The van der Waals surface area contributed by atoms with Crippen molar-refractivity contribution in [2.24, 2.45) is 23.2 Å². The predicted octanol–water partition coefficient (Wildman–Crippen LogP) is 3.36. The van der Waals surface area contributed by atoms with Crippen molar-refractivity contribution in [3.63, 3.8) is 0 Å². The lowest BCUT2D eigenvalue weighted by Gasteiger charge is -2.22. The molecular weight excluding hydrogens is 302 g/mol. The Bertz CT molecular complexity index is 622. The Morgan fingerprint density at radius 3 is 2.33 bits per heavy atom. The molecule has 0 radical (unpaired) electrons. The van der Waals surface area contributed by atoms with E-state index in [0.29, 0.717) is 24.4 Å². The van der Waals surface area contributed by atoms with E-state index in [-0.39, 0.29) is 11.5 Å². The second-order valence-electron chi connectivity index (χ2n) is 9.48. The van der Waals surface area contributed by atoms with E-state index < -0.39 is 5.41 Å². The average molecular weight is 333 g/mol. The number of nitrogens with zero attached hydrogens (tertiary/aromatic N) is 3. The number of rotatable bonds is 2. The van der Waals surface area contributed by atoms with E-state index in [0.717, 1.165) is 25.7 Å². The van der Waals surface area contributed by atoms with Crippen LogP contribution in [0.4, 0.5) is 0 Å². The molecule has 2 aliphatic carbocycles. The van der Waals surface area contributed by atoms with Crippen molar-refractivity contribution in [1.29, 1.82) is 0 Å². The Hall–Kier alpha value is -1.39. The Kier molecular flexibility index (Phi) is 4.25. The Morgan fingerprint density at radius 2 is 1.75 bits per heavy atom. The fourth-order valence-corrected chi connectivity index (χ4v) is 3.94. The zero-order valence-electron chi connectivity index (χ0n) is 15.9. The first kappa shape index (κ1) is 17.4. The van der Waals surface area contributed by atoms with Crippen LogP contribution in [0.25, 0.3) is 0 Å². The maximum Gasteiger partial charge on any atom is 0.311 e. The number of hydrogen-bond donors (Lipinski definition) is 0. The molecule has 0 unspecified atom stereocenters. The van der Waals surface area contributed by atoms with E-state index in [4.69, 9.17) is 4.74 Å². The van der Waals surface area contributed by atoms with Crippen molar-refractivity contribution in [2.45, 2.75) is 72.8 Å². The summed E-state index contributed by atoms with van der Waals surface area (Å²) in [4.78, 5) is 12.0. The van der Waals surface area contributed by atoms with Gasteiger partial charge in [0.1, 0.15) is 0 Å². The molecule has 1 aromatic rings. The highest BCUT2D eigenvalue weighted by molar-refractivity contribution is 5.75. The first-order chi connectivity index (χ1) is 11.1. The van der Waals surface area contributed by atoms with E-state index in [1.54, 1.807) is 0 Å². The summed E-state index contributed by atoms with van der Waals surface area (Å²) in [6, 6.07) is 0. The van der Waals surface area contributed by atoms with Gasteiger partial charge in [0.15, 0.2) is 0 Å². The summed E-state index contributed by atoms with van der Waals surface area (Å²) in [5, 5.41) is 8.83. The number of aromatic nitrogens is 3. The lowest BCUT2D eigenvalue weighted by atomic mass is 9.97. The summed E-state index contributed by atoms with van der Waals surface area (Å²) in [6.07, 6.45) is 4.32. The zero-order chi connectivity index (χ0) is 17.7. The van der Waals surface area contributed by atoms with E-state index in [9.17, 15) is 4.79 Å². The molecule has 5 heteroatoms. The molecule has 1 heterocycles. The Balaban J connectivity index is 1.62. The molecule has 0 N–H and O–H groups in total. The highest BCUT2D eigenvalue weighted by atomic mass is 16.5. The number of carbonyl (C=O) groups excluding carboxylic acids is 1. The third-order valence-corrected chi connectivity index (χ3v) is 5.44. The predicted molar refractivity (Wildman–Crippen MR) is 92.5 cm³/mol. The van der Waals surface area contributed by atoms with Gasteiger partial charge in [-0.15, -0.1) is 5.10 Å². The molecule has 1 aromatic heterocycles. The zero-order valence-corrected chi connectivity index (χ0v) is 15.9. The van der Waals surface area contributed by atoms with Gasteiger partial charge in [0.2, 0.25) is 0 Å². The van der Waals surface area contributed by atoms with E-state index in [1.807, 2.05) is 20.8 Å². The van der Waals surface area contributed by atoms with Gasteiger partial charge < -0.3 is 4.74 Å². The van der Waals surface area contributed by atoms with Gasteiger partial charge in [0.05, 0.1) is 28.9 Å². The van der Waals surface area contributed by atoms with Crippen molar-refractivity contribution >= 4 is 5.97 Å². The third-order valence-electron chi connectivity index (χ3n) is 5.44. The highest BCUT2D eigenvalue weighted by Gasteiger charge is 2.50. The molecule has 0 saturated heterocycles.